The Morgan fingerprint density at radius 3 is 2.50 bits per heavy atom. The molecule has 0 aliphatic heterocycles. The minimum Gasteiger partial charge on any atom is -0.375 e. The van der Waals surface area contributed by atoms with Gasteiger partial charge in [0.2, 0.25) is 0 Å². The van der Waals surface area contributed by atoms with Crippen LogP contribution in [0.3, 0.4) is 0 Å². The van der Waals surface area contributed by atoms with Gasteiger partial charge in [0.15, 0.2) is 0 Å². The van der Waals surface area contributed by atoms with E-state index >= 15 is 0 Å². The van der Waals surface area contributed by atoms with Gasteiger partial charge < -0.3 is 5.32 Å². The minimum atomic E-state index is -2.54. The third-order valence-corrected chi connectivity index (χ3v) is 1.93. The summed E-state index contributed by atoms with van der Waals surface area (Å²) in [6, 6.07) is 2.75. The van der Waals surface area contributed by atoms with Crippen LogP contribution < -0.4 is 5.32 Å². The van der Waals surface area contributed by atoms with Crippen molar-refractivity contribution >= 4 is 17.3 Å². The van der Waals surface area contributed by atoms with E-state index < -0.39 is 18.3 Å². The van der Waals surface area contributed by atoms with Gasteiger partial charge in [-0.05, 0) is 25.1 Å². The first-order valence-corrected chi connectivity index (χ1v) is 4.38. The Kier molecular flexibility index (Phi) is 3.63. The number of halogens is 4. The predicted molar refractivity (Wildman–Crippen MR) is 50.5 cm³/mol. The summed E-state index contributed by atoms with van der Waals surface area (Å²) in [6.07, 6.45) is -2.54. The van der Waals surface area contributed by atoms with Crippen molar-refractivity contribution in [1.29, 1.82) is 0 Å². The van der Waals surface area contributed by atoms with Gasteiger partial charge in [-0.15, -0.1) is 0 Å². The lowest BCUT2D eigenvalue weighted by Crippen LogP contribution is -2.24. The van der Waals surface area contributed by atoms with Crippen LogP contribution in [0.4, 0.5) is 18.9 Å². The van der Waals surface area contributed by atoms with E-state index in [4.69, 9.17) is 11.6 Å². The first kappa shape index (κ1) is 11.2. The van der Waals surface area contributed by atoms with Gasteiger partial charge in [-0.25, -0.2) is 13.2 Å². The van der Waals surface area contributed by atoms with Crippen LogP contribution in [0, 0.1) is 5.82 Å². The molecule has 14 heavy (non-hydrogen) atoms. The molecule has 0 amide bonds. The van der Waals surface area contributed by atoms with Crippen molar-refractivity contribution in [3.8, 4) is 0 Å². The van der Waals surface area contributed by atoms with E-state index in [-0.39, 0.29) is 10.7 Å². The van der Waals surface area contributed by atoms with Crippen LogP contribution in [-0.4, -0.2) is 12.5 Å². The number of rotatable bonds is 3. The smallest absolute Gasteiger partial charge is 0.258 e. The van der Waals surface area contributed by atoms with Crippen LogP contribution in [-0.2, 0) is 0 Å². The summed E-state index contributed by atoms with van der Waals surface area (Å²) in [7, 11) is 0. The Hall–Kier alpha value is -0.900. The second-order valence-electron chi connectivity index (χ2n) is 2.89. The van der Waals surface area contributed by atoms with E-state index in [0.29, 0.717) is 0 Å². The summed E-state index contributed by atoms with van der Waals surface area (Å²) in [6.45, 7) is 1.28. The lowest BCUT2D eigenvalue weighted by molar-refractivity contribution is 0.130. The fourth-order valence-electron chi connectivity index (χ4n) is 0.915. The van der Waals surface area contributed by atoms with Gasteiger partial charge in [0.05, 0.1) is 11.7 Å². The van der Waals surface area contributed by atoms with Gasteiger partial charge in [-0.1, -0.05) is 11.6 Å². The first-order valence-electron chi connectivity index (χ1n) is 4.00. The van der Waals surface area contributed by atoms with Gasteiger partial charge in [0.25, 0.3) is 6.43 Å². The molecule has 0 saturated carbocycles. The first-order chi connectivity index (χ1) is 6.50. The molecule has 1 atom stereocenters. The fourth-order valence-corrected chi connectivity index (χ4v) is 1.07. The van der Waals surface area contributed by atoms with E-state index in [1.165, 1.54) is 19.1 Å². The quantitative estimate of drug-likeness (QED) is 0.827. The molecule has 0 spiro atoms. The van der Waals surface area contributed by atoms with Crippen LogP contribution in [0.25, 0.3) is 0 Å². The second-order valence-corrected chi connectivity index (χ2v) is 3.33. The summed E-state index contributed by atoms with van der Waals surface area (Å²) in [4.78, 5) is 0. The standard InChI is InChI=1S/C9H9ClF3N/c1-5(9(12)13)14-8-3-2-6(10)4-7(8)11/h2-5,9,14H,1H3. The highest BCUT2D eigenvalue weighted by Crippen LogP contribution is 2.20. The number of alkyl halides is 2. The normalized spacial score (nSPS) is 13.0. The van der Waals surface area contributed by atoms with Crippen molar-refractivity contribution < 1.29 is 13.2 Å². The Morgan fingerprint density at radius 1 is 1.36 bits per heavy atom. The second kappa shape index (κ2) is 4.55. The van der Waals surface area contributed by atoms with Gasteiger partial charge in [0, 0.05) is 5.02 Å². The molecule has 1 aromatic carbocycles. The minimum absolute atomic E-state index is 0.0298. The van der Waals surface area contributed by atoms with E-state index in [2.05, 4.69) is 5.32 Å². The average Bonchev–Trinajstić information content (AvgIpc) is 2.09. The molecule has 0 aromatic heterocycles. The molecule has 0 aliphatic carbocycles. The molecule has 1 unspecified atom stereocenters. The molecule has 1 aromatic rings. The van der Waals surface area contributed by atoms with Crippen molar-refractivity contribution in [3.05, 3.63) is 29.0 Å². The summed E-state index contributed by atoms with van der Waals surface area (Å²) in [5.74, 6) is -0.634. The molecule has 0 aliphatic rings. The number of anilines is 1. The molecule has 0 saturated heterocycles. The van der Waals surface area contributed by atoms with Crippen LogP contribution >= 0.6 is 11.6 Å². The number of benzene rings is 1. The molecule has 1 rings (SSSR count). The maximum absolute atomic E-state index is 13.1. The molecule has 1 N–H and O–H groups in total. The van der Waals surface area contributed by atoms with Crippen LogP contribution in [0.5, 0.6) is 0 Å². The molecule has 0 heterocycles. The van der Waals surface area contributed by atoms with Crippen LogP contribution in [0.15, 0.2) is 18.2 Å². The van der Waals surface area contributed by atoms with Crippen LogP contribution in [0.2, 0.25) is 5.02 Å². The lowest BCUT2D eigenvalue weighted by Gasteiger charge is -2.14. The monoisotopic (exact) mass is 223 g/mol. The predicted octanol–water partition coefficient (Wildman–Crippen LogP) is 3.54. The van der Waals surface area contributed by atoms with E-state index in [9.17, 15) is 13.2 Å². The molecule has 0 bridgehead atoms. The molecular weight excluding hydrogens is 215 g/mol. The van der Waals surface area contributed by atoms with Gasteiger partial charge in [-0.2, -0.15) is 0 Å². The zero-order valence-corrected chi connectivity index (χ0v) is 8.15. The number of hydrogen-bond donors (Lipinski definition) is 1. The molecular formula is C9H9ClF3N. The van der Waals surface area contributed by atoms with E-state index in [1.54, 1.807) is 0 Å². The van der Waals surface area contributed by atoms with Crippen molar-refractivity contribution in [2.24, 2.45) is 0 Å². The van der Waals surface area contributed by atoms with Crippen molar-refractivity contribution in [2.45, 2.75) is 19.4 Å². The van der Waals surface area contributed by atoms with Gasteiger partial charge in [0.1, 0.15) is 5.82 Å². The van der Waals surface area contributed by atoms with E-state index in [1.807, 2.05) is 0 Å². The summed E-state index contributed by atoms with van der Waals surface area (Å²) in [5, 5.41) is 2.59. The Balaban J connectivity index is 2.77. The highest BCUT2D eigenvalue weighted by molar-refractivity contribution is 6.30. The largest absolute Gasteiger partial charge is 0.375 e. The molecule has 78 valence electrons. The van der Waals surface area contributed by atoms with Crippen molar-refractivity contribution in [1.82, 2.24) is 0 Å². The molecule has 0 fully saturated rings. The number of hydrogen-bond acceptors (Lipinski definition) is 1. The highest BCUT2D eigenvalue weighted by Gasteiger charge is 2.15. The number of nitrogens with one attached hydrogen (secondary N) is 1. The van der Waals surface area contributed by atoms with Crippen LogP contribution in [0.1, 0.15) is 6.92 Å². The average molecular weight is 224 g/mol. The Morgan fingerprint density at radius 2 is 2.00 bits per heavy atom. The maximum atomic E-state index is 13.1. The van der Waals surface area contributed by atoms with Gasteiger partial charge in [-0.3, -0.25) is 0 Å². The highest BCUT2D eigenvalue weighted by atomic mass is 35.5. The third-order valence-electron chi connectivity index (χ3n) is 1.69. The maximum Gasteiger partial charge on any atom is 0.258 e. The summed E-state index contributed by atoms with van der Waals surface area (Å²) >= 11 is 5.50. The third kappa shape index (κ3) is 2.80. The Labute approximate surface area is 84.9 Å². The SMILES string of the molecule is CC(Nc1ccc(Cl)cc1F)C(F)F. The summed E-state index contributed by atoms with van der Waals surface area (Å²) < 4.78 is 37.3. The molecule has 5 heteroatoms. The summed E-state index contributed by atoms with van der Waals surface area (Å²) in [5.41, 5.74) is 0.0298. The molecule has 1 nitrogen and oxygen atoms in total. The van der Waals surface area contributed by atoms with Gasteiger partial charge >= 0.3 is 0 Å². The lowest BCUT2D eigenvalue weighted by atomic mass is 10.2. The zero-order chi connectivity index (χ0) is 10.7. The Bertz CT molecular complexity index is 317. The molecule has 0 radical (unpaired) electrons. The topological polar surface area (TPSA) is 12.0 Å². The fraction of sp³-hybridized carbons (Fsp3) is 0.333. The van der Waals surface area contributed by atoms with Crippen molar-refractivity contribution in [3.63, 3.8) is 0 Å². The van der Waals surface area contributed by atoms with Crippen molar-refractivity contribution in [2.75, 3.05) is 5.32 Å². The van der Waals surface area contributed by atoms with E-state index in [0.717, 1.165) is 6.07 Å². The zero-order valence-electron chi connectivity index (χ0n) is 7.40.